The topological polar surface area (TPSA) is 54.0 Å². The van der Waals surface area contributed by atoms with Crippen LogP contribution in [0.15, 0.2) is 0 Å². The fourth-order valence-electron chi connectivity index (χ4n) is 1.92. The van der Waals surface area contributed by atoms with Crippen LogP contribution >= 0.6 is 0 Å². The minimum Gasteiger partial charge on any atom is -0.454 e. The Morgan fingerprint density at radius 1 is 1.50 bits per heavy atom. The van der Waals surface area contributed by atoms with Gasteiger partial charge in [-0.1, -0.05) is 0 Å². The summed E-state index contributed by atoms with van der Waals surface area (Å²) < 4.78 is 21.5. The van der Waals surface area contributed by atoms with Gasteiger partial charge < -0.3 is 18.9 Å². The lowest BCUT2D eigenvalue weighted by Crippen LogP contribution is -2.39. The van der Waals surface area contributed by atoms with Gasteiger partial charge in [0.1, 0.15) is 0 Å². The minimum absolute atomic E-state index is 0.00817. The summed E-state index contributed by atoms with van der Waals surface area (Å²) in [5, 5.41) is 0. The van der Waals surface area contributed by atoms with Gasteiger partial charge in [0.25, 0.3) is 0 Å². The van der Waals surface area contributed by atoms with Crippen LogP contribution in [-0.4, -0.2) is 38.7 Å². The predicted molar refractivity (Wildman–Crippen MR) is 62.3 cm³/mol. The molecule has 1 aliphatic heterocycles. The molecule has 5 nitrogen and oxygen atoms in total. The normalized spacial score (nSPS) is 30.6. The smallest absolute Gasteiger partial charge is 0.303 e. The van der Waals surface area contributed by atoms with Crippen molar-refractivity contribution in [3.8, 4) is 0 Å². The molecule has 2 fully saturated rings. The Morgan fingerprint density at radius 2 is 2.33 bits per heavy atom. The van der Waals surface area contributed by atoms with Gasteiger partial charge in [-0.05, 0) is 19.3 Å². The Kier molecular flexibility index (Phi) is 4.97. The zero-order chi connectivity index (χ0) is 13.0. The molecule has 1 heterocycles. The first-order valence-electron chi connectivity index (χ1n) is 5.90. The van der Waals surface area contributed by atoms with E-state index in [1.807, 2.05) is 6.42 Å². The second kappa shape index (κ2) is 6.50. The first-order chi connectivity index (χ1) is 8.70. The average Bonchev–Trinajstić information content (AvgIpc) is 2.77. The molecule has 1 saturated heterocycles. The number of methoxy groups -OCH3 is 1. The summed E-state index contributed by atoms with van der Waals surface area (Å²) in [4.78, 5) is 11.0. The second-order valence-corrected chi connectivity index (χ2v) is 4.14. The highest BCUT2D eigenvalue weighted by atomic mass is 16.7. The van der Waals surface area contributed by atoms with E-state index in [1.165, 1.54) is 6.92 Å². The molecule has 5 heteroatoms. The Hall–Kier alpha value is -0.650. The highest BCUT2D eigenvalue weighted by Gasteiger charge is 2.42. The van der Waals surface area contributed by atoms with Gasteiger partial charge in [-0.2, -0.15) is 0 Å². The van der Waals surface area contributed by atoms with Gasteiger partial charge in [0, 0.05) is 20.5 Å². The lowest BCUT2D eigenvalue weighted by Gasteiger charge is -2.34. The second-order valence-electron chi connectivity index (χ2n) is 4.14. The van der Waals surface area contributed by atoms with E-state index >= 15 is 0 Å². The van der Waals surface area contributed by atoms with Crippen LogP contribution in [0.1, 0.15) is 13.3 Å². The fourth-order valence-corrected chi connectivity index (χ4v) is 1.92. The maximum absolute atomic E-state index is 11.0. The van der Waals surface area contributed by atoms with E-state index in [9.17, 15) is 4.79 Å². The highest BCUT2D eigenvalue weighted by Crippen LogP contribution is 2.39. The summed E-state index contributed by atoms with van der Waals surface area (Å²) in [6.07, 6.45) is 6.16. The van der Waals surface area contributed by atoms with Crippen molar-refractivity contribution >= 4 is 5.97 Å². The molecule has 2 atom stereocenters. The summed E-state index contributed by atoms with van der Waals surface area (Å²) in [7, 11) is 1.64. The molecule has 0 aromatic rings. The highest BCUT2D eigenvalue weighted by molar-refractivity contribution is 5.68. The molecular weight excluding hydrogens is 236 g/mol. The number of carbonyl (C=O) groups excluding carboxylic acids is 1. The van der Waals surface area contributed by atoms with Gasteiger partial charge in [-0.3, -0.25) is 4.79 Å². The third-order valence-electron chi connectivity index (χ3n) is 2.69. The average molecular weight is 253 g/mol. The van der Waals surface area contributed by atoms with Gasteiger partial charge in [-0.15, -0.1) is 0 Å². The van der Waals surface area contributed by atoms with Crippen LogP contribution in [0, 0.1) is 31.3 Å². The summed E-state index contributed by atoms with van der Waals surface area (Å²) in [5.74, 6) is 0.387. The van der Waals surface area contributed by atoms with Crippen LogP contribution in [0.4, 0.5) is 0 Å². The van der Waals surface area contributed by atoms with E-state index in [-0.39, 0.29) is 12.1 Å². The predicted octanol–water partition coefficient (Wildman–Crippen LogP) is 1.06. The summed E-state index contributed by atoms with van der Waals surface area (Å²) in [6.45, 7) is 2.50. The van der Waals surface area contributed by atoms with Crippen molar-refractivity contribution in [1.29, 1.82) is 0 Å². The number of rotatable bonds is 4. The third kappa shape index (κ3) is 3.43. The molecule has 2 aliphatic rings. The van der Waals surface area contributed by atoms with Gasteiger partial charge in [0.05, 0.1) is 25.2 Å². The molecule has 0 N–H and O–H groups in total. The Balaban J connectivity index is 1.90. The van der Waals surface area contributed by atoms with Crippen LogP contribution in [-0.2, 0) is 23.7 Å². The number of ether oxygens (including phenoxy) is 4. The molecule has 0 amide bonds. The minimum atomic E-state index is -0.497. The largest absolute Gasteiger partial charge is 0.454 e. The van der Waals surface area contributed by atoms with Crippen LogP contribution in [0.25, 0.3) is 0 Å². The SMILES string of the molecule is COC[C@@H]1CCO[C@H]([C]2[CH][CH][CH][C]2OC(C)=O)O1. The van der Waals surface area contributed by atoms with E-state index < -0.39 is 6.29 Å². The van der Waals surface area contributed by atoms with E-state index in [1.54, 1.807) is 20.0 Å². The first-order valence-corrected chi connectivity index (χ1v) is 5.90. The number of carbonyl (C=O) groups is 1. The van der Waals surface area contributed by atoms with Crippen LogP contribution in [0.2, 0.25) is 0 Å². The third-order valence-corrected chi connectivity index (χ3v) is 2.69. The molecule has 0 aromatic heterocycles. The fraction of sp³-hybridized carbons (Fsp3) is 0.538. The van der Waals surface area contributed by atoms with Crippen molar-refractivity contribution in [2.24, 2.45) is 0 Å². The monoisotopic (exact) mass is 253 g/mol. The molecule has 5 radical (unpaired) electrons. The van der Waals surface area contributed by atoms with Crippen molar-refractivity contribution in [3.63, 3.8) is 0 Å². The maximum Gasteiger partial charge on any atom is 0.303 e. The van der Waals surface area contributed by atoms with Gasteiger partial charge in [0.15, 0.2) is 12.4 Å². The van der Waals surface area contributed by atoms with E-state index in [0.29, 0.717) is 19.3 Å². The zero-order valence-corrected chi connectivity index (χ0v) is 10.5. The number of hydrogen-bond donors (Lipinski definition) is 0. The zero-order valence-electron chi connectivity index (χ0n) is 10.5. The van der Waals surface area contributed by atoms with Gasteiger partial charge >= 0.3 is 5.97 Å². The van der Waals surface area contributed by atoms with Crippen LogP contribution in [0.3, 0.4) is 0 Å². The number of hydrogen-bond acceptors (Lipinski definition) is 5. The van der Waals surface area contributed by atoms with Gasteiger partial charge in [-0.25, -0.2) is 0 Å². The molecular formula is C13H17O5. The first kappa shape index (κ1) is 13.8. The molecule has 1 saturated carbocycles. The summed E-state index contributed by atoms with van der Waals surface area (Å²) >= 11 is 0. The summed E-state index contributed by atoms with van der Waals surface area (Å²) in [5.41, 5.74) is 0. The molecule has 0 aromatic carbocycles. The van der Waals surface area contributed by atoms with E-state index in [2.05, 4.69) is 0 Å². The number of esters is 1. The lowest BCUT2D eigenvalue weighted by molar-refractivity contribution is -0.212. The van der Waals surface area contributed by atoms with Crippen molar-refractivity contribution in [1.82, 2.24) is 0 Å². The van der Waals surface area contributed by atoms with Crippen LogP contribution < -0.4 is 0 Å². The summed E-state index contributed by atoms with van der Waals surface area (Å²) in [6, 6.07) is 0. The Morgan fingerprint density at radius 3 is 3.06 bits per heavy atom. The van der Waals surface area contributed by atoms with Crippen molar-refractivity contribution in [2.45, 2.75) is 25.7 Å². The van der Waals surface area contributed by atoms with E-state index in [4.69, 9.17) is 18.9 Å². The molecule has 2 rings (SSSR count). The molecule has 0 bridgehead atoms. The van der Waals surface area contributed by atoms with E-state index in [0.717, 1.165) is 12.3 Å². The molecule has 1 aliphatic carbocycles. The van der Waals surface area contributed by atoms with Gasteiger partial charge in [0.2, 0.25) is 0 Å². The Labute approximate surface area is 108 Å². The van der Waals surface area contributed by atoms with Crippen molar-refractivity contribution < 1.29 is 23.7 Å². The molecule has 18 heavy (non-hydrogen) atoms. The lowest BCUT2D eigenvalue weighted by atomic mass is 10.0. The van der Waals surface area contributed by atoms with Crippen molar-refractivity contribution in [2.75, 3.05) is 20.3 Å². The Bertz CT molecular complexity index is 279. The standard InChI is InChI=1S/C13H17O5/c1-9(14)17-12-5-3-4-11(12)13-16-7-6-10(18-13)8-15-2/h3-5,10,13H,6-8H2,1-2H3/t10-,13-/m0/s1. The molecule has 0 unspecified atom stereocenters. The molecule has 0 spiro atoms. The van der Waals surface area contributed by atoms with Crippen LogP contribution in [0.5, 0.6) is 0 Å². The van der Waals surface area contributed by atoms with Crippen molar-refractivity contribution in [3.05, 3.63) is 31.3 Å². The quantitative estimate of drug-likeness (QED) is 0.701. The maximum atomic E-state index is 11.0. The molecule has 99 valence electrons.